The quantitative estimate of drug-likeness (QED) is 0.751. The van der Waals surface area contributed by atoms with Crippen LogP contribution in [0.5, 0.6) is 5.75 Å². The Kier molecular flexibility index (Phi) is 4.18. The number of hydrogen-bond donors (Lipinski definition) is 2. The Morgan fingerprint density at radius 1 is 1.17 bits per heavy atom. The Morgan fingerprint density at radius 2 is 2.00 bits per heavy atom. The van der Waals surface area contributed by atoms with Crippen molar-refractivity contribution in [3.05, 3.63) is 53.6 Å². The number of aryl methyl sites for hydroxylation is 2. The summed E-state index contributed by atoms with van der Waals surface area (Å²) >= 11 is 0. The van der Waals surface area contributed by atoms with Gasteiger partial charge in [0, 0.05) is 12.1 Å². The molecule has 23 heavy (non-hydrogen) atoms. The minimum atomic E-state index is 0.178. The molecule has 0 spiro atoms. The van der Waals surface area contributed by atoms with Gasteiger partial charge >= 0.3 is 0 Å². The van der Waals surface area contributed by atoms with Crippen LogP contribution < -0.4 is 5.32 Å². The van der Waals surface area contributed by atoms with E-state index in [-0.39, 0.29) is 5.75 Å². The molecule has 0 bridgehead atoms. The summed E-state index contributed by atoms with van der Waals surface area (Å²) in [5, 5.41) is 25.0. The molecule has 3 rings (SSSR count). The summed E-state index contributed by atoms with van der Waals surface area (Å²) in [6.07, 6.45) is 0.738. The lowest BCUT2D eigenvalue weighted by Gasteiger charge is -2.13. The van der Waals surface area contributed by atoms with Gasteiger partial charge in [-0.05, 0) is 41.6 Å². The minimum Gasteiger partial charge on any atom is -0.506 e. The number of hydrogen-bond acceptors (Lipinski definition) is 6. The largest absolute Gasteiger partial charge is 0.506 e. The molecule has 0 unspecified atom stereocenters. The molecule has 0 aliphatic carbocycles. The number of anilines is 1. The lowest BCUT2D eigenvalue weighted by Crippen LogP contribution is -2.09. The SMILES string of the molecule is CCc1nnnn1-c1ccccc1NCc1nc(C)ccc1O. The van der Waals surface area contributed by atoms with Gasteiger partial charge in [-0.3, -0.25) is 4.98 Å². The van der Waals surface area contributed by atoms with Crippen molar-refractivity contribution in [2.45, 2.75) is 26.8 Å². The zero-order chi connectivity index (χ0) is 16.2. The van der Waals surface area contributed by atoms with Gasteiger partial charge in [-0.15, -0.1) is 5.10 Å². The fourth-order valence-electron chi connectivity index (χ4n) is 2.33. The zero-order valence-corrected chi connectivity index (χ0v) is 13.1. The van der Waals surface area contributed by atoms with E-state index in [1.807, 2.05) is 38.1 Å². The van der Waals surface area contributed by atoms with E-state index in [1.165, 1.54) is 0 Å². The van der Waals surface area contributed by atoms with E-state index in [9.17, 15) is 5.11 Å². The first-order valence-electron chi connectivity index (χ1n) is 7.45. The molecule has 2 aromatic heterocycles. The number of pyridine rings is 1. The van der Waals surface area contributed by atoms with E-state index >= 15 is 0 Å². The van der Waals surface area contributed by atoms with Crippen LogP contribution in [0.15, 0.2) is 36.4 Å². The molecule has 0 aliphatic rings. The second-order valence-corrected chi connectivity index (χ2v) is 5.15. The van der Waals surface area contributed by atoms with Crippen LogP contribution in [-0.2, 0) is 13.0 Å². The summed E-state index contributed by atoms with van der Waals surface area (Å²) in [6.45, 7) is 4.31. The van der Waals surface area contributed by atoms with Gasteiger partial charge in [0.15, 0.2) is 5.82 Å². The zero-order valence-electron chi connectivity index (χ0n) is 13.1. The summed E-state index contributed by atoms with van der Waals surface area (Å²) in [4.78, 5) is 4.35. The molecular formula is C16H18N6O. The Bertz CT molecular complexity index is 814. The van der Waals surface area contributed by atoms with E-state index in [0.717, 1.165) is 29.3 Å². The maximum absolute atomic E-state index is 9.91. The number of benzene rings is 1. The number of tetrazole rings is 1. The lowest BCUT2D eigenvalue weighted by molar-refractivity contribution is 0.464. The number of para-hydroxylation sites is 2. The molecule has 2 N–H and O–H groups in total. The maximum Gasteiger partial charge on any atom is 0.156 e. The minimum absolute atomic E-state index is 0.178. The van der Waals surface area contributed by atoms with Crippen molar-refractivity contribution in [1.82, 2.24) is 25.2 Å². The number of nitrogens with one attached hydrogen (secondary N) is 1. The van der Waals surface area contributed by atoms with Gasteiger partial charge in [0.05, 0.1) is 17.9 Å². The van der Waals surface area contributed by atoms with Crippen LogP contribution in [0.25, 0.3) is 5.69 Å². The Labute approximate surface area is 134 Å². The van der Waals surface area contributed by atoms with Gasteiger partial charge in [0.1, 0.15) is 11.4 Å². The number of aromatic nitrogens is 5. The molecule has 3 aromatic rings. The number of rotatable bonds is 5. The molecule has 0 saturated carbocycles. The summed E-state index contributed by atoms with van der Waals surface area (Å²) in [5.74, 6) is 0.966. The Hall–Kier alpha value is -2.96. The molecule has 0 radical (unpaired) electrons. The molecule has 1 aromatic carbocycles. The van der Waals surface area contributed by atoms with Gasteiger partial charge in [0.2, 0.25) is 0 Å². The van der Waals surface area contributed by atoms with E-state index in [4.69, 9.17) is 0 Å². The van der Waals surface area contributed by atoms with Gasteiger partial charge in [-0.2, -0.15) is 4.68 Å². The summed E-state index contributed by atoms with van der Waals surface area (Å²) < 4.78 is 1.71. The van der Waals surface area contributed by atoms with E-state index in [2.05, 4.69) is 25.8 Å². The normalized spacial score (nSPS) is 10.7. The summed E-state index contributed by atoms with van der Waals surface area (Å²) in [7, 11) is 0. The van der Waals surface area contributed by atoms with Crippen molar-refractivity contribution in [2.75, 3.05) is 5.32 Å². The molecule has 0 saturated heterocycles. The van der Waals surface area contributed by atoms with Crippen LogP contribution in [0.3, 0.4) is 0 Å². The third-order valence-corrected chi connectivity index (χ3v) is 3.52. The third-order valence-electron chi connectivity index (χ3n) is 3.52. The van der Waals surface area contributed by atoms with Crippen molar-refractivity contribution in [1.29, 1.82) is 0 Å². The fourth-order valence-corrected chi connectivity index (χ4v) is 2.33. The molecule has 0 aliphatic heterocycles. The third kappa shape index (κ3) is 3.13. The predicted octanol–water partition coefficient (Wildman–Crippen LogP) is 2.25. The van der Waals surface area contributed by atoms with Crippen LogP contribution in [0.4, 0.5) is 5.69 Å². The second kappa shape index (κ2) is 6.43. The maximum atomic E-state index is 9.91. The lowest BCUT2D eigenvalue weighted by atomic mass is 10.2. The molecule has 7 nitrogen and oxygen atoms in total. The number of aromatic hydroxyl groups is 1. The first kappa shape index (κ1) is 15.0. The smallest absolute Gasteiger partial charge is 0.156 e. The highest BCUT2D eigenvalue weighted by Gasteiger charge is 2.11. The molecule has 2 heterocycles. The van der Waals surface area contributed by atoms with Crippen molar-refractivity contribution in [3.8, 4) is 11.4 Å². The first-order chi connectivity index (χ1) is 11.2. The highest BCUT2D eigenvalue weighted by atomic mass is 16.3. The second-order valence-electron chi connectivity index (χ2n) is 5.15. The van der Waals surface area contributed by atoms with Crippen LogP contribution in [0.2, 0.25) is 0 Å². The Balaban J connectivity index is 1.88. The molecule has 0 fully saturated rings. The highest BCUT2D eigenvalue weighted by molar-refractivity contribution is 5.61. The van der Waals surface area contributed by atoms with Crippen molar-refractivity contribution >= 4 is 5.69 Å². The van der Waals surface area contributed by atoms with Crippen molar-refractivity contribution in [3.63, 3.8) is 0 Å². The van der Waals surface area contributed by atoms with Crippen LogP contribution >= 0.6 is 0 Å². The molecule has 7 heteroatoms. The van der Waals surface area contributed by atoms with Gasteiger partial charge in [-0.25, -0.2) is 0 Å². The summed E-state index contributed by atoms with van der Waals surface area (Å²) in [5.41, 5.74) is 3.20. The molecule has 0 atom stereocenters. The monoisotopic (exact) mass is 310 g/mol. The van der Waals surface area contributed by atoms with E-state index < -0.39 is 0 Å². The van der Waals surface area contributed by atoms with Gasteiger partial charge < -0.3 is 10.4 Å². The van der Waals surface area contributed by atoms with Crippen LogP contribution in [-0.4, -0.2) is 30.3 Å². The van der Waals surface area contributed by atoms with Gasteiger partial charge in [-0.1, -0.05) is 19.1 Å². The average Bonchev–Trinajstić information content (AvgIpc) is 3.04. The Morgan fingerprint density at radius 3 is 2.83 bits per heavy atom. The molecule has 118 valence electrons. The average molecular weight is 310 g/mol. The number of nitrogens with zero attached hydrogens (tertiary/aromatic N) is 5. The van der Waals surface area contributed by atoms with Crippen LogP contribution in [0.1, 0.15) is 24.1 Å². The fraction of sp³-hybridized carbons (Fsp3) is 0.250. The van der Waals surface area contributed by atoms with E-state index in [1.54, 1.807) is 16.8 Å². The first-order valence-corrected chi connectivity index (χ1v) is 7.45. The topological polar surface area (TPSA) is 88.8 Å². The van der Waals surface area contributed by atoms with E-state index in [0.29, 0.717) is 12.2 Å². The summed E-state index contributed by atoms with van der Waals surface area (Å²) in [6, 6.07) is 11.2. The molecular weight excluding hydrogens is 292 g/mol. The standard InChI is InChI=1S/C16H18N6O/c1-3-16-19-20-21-22(16)14-7-5-4-6-12(14)17-10-13-15(23)9-8-11(2)18-13/h4-9,17,23H,3,10H2,1-2H3. The van der Waals surface area contributed by atoms with Crippen LogP contribution in [0, 0.1) is 6.92 Å². The predicted molar refractivity (Wildman–Crippen MR) is 86.5 cm³/mol. The highest BCUT2D eigenvalue weighted by Crippen LogP contribution is 2.22. The van der Waals surface area contributed by atoms with Crippen molar-refractivity contribution in [2.24, 2.45) is 0 Å². The van der Waals surface area contributed by atoms with Gasteiger partial charge in [0.25, 0.3) is 0 Å². The van der Waals surface area contributed by atoms with Crippen molar-refractivity contribution < 1.29 is 5.11 Å². The molecule has 0 amide bonds.